The van der Waals surface area contributed by atoms with Crippen LogP contribution in [0.15, 0.2) is 17.7 Å². The molecule has 0 radical (unpaired) electrons. The van der Waals surface area contributed by atoms with E-state index in [4.69, 9.17) is 26.8 Å². The van der Waals surface area contributed by atoms with E-state index < -0.39 is 0 Å². The topological polar surface area (TPSA) is 44.5 Å². The van der Waals surface area contributed by atoms with Crippen molar-refractivity contribution in [3.8, 4) is 5.75 Å². The molecule has 0 aliphatic carbocycles. The third-order valence-corrected chi connectivity index (χ3v) is 3.39. The molecule has 0 amide bonds. The van der Waals surface area contributed by atoms with Crippen LogP contribution in [-0.2, 0) is 11.2 Å². The number of hydrogen-bond acceptors (Lipinski definition) is 3. The molecular weight excluding hydrogens is 262 g/mol. The second-order valence-corrected chi connectivity index (χ2v) is 5.15. The summed E-state index contributed by atoms with van der Waals surface area (Å²) in [6.07, 6.45) is 4.94. The van der Waals surface area contributed by atoms with Crippen molar-refractivity contribution in [3.63, 3.8) is 0 Å². The molecule has 0 spiro atoms. The van der Waals surface area contributed by atoms with Gasteiger partial charge < -0.3 is 15.2 Å². The van der Waals surface area contributed by atoms with Crippen LogP contribution in [0.1, 0.15) is 24.0 Å². The highest BCUT2D eigenvalue weighted by atomic mass is 35.5. The summed E-state index contributed by atoms with van der Waals surface area (Å²) in [5.41, 5.74) is 9.02. The molecule has 4 heteroatoms. The Morgan fingerprint density at radius 2 is 2.37 bits per heavy atom. The summed E-state index contributed by atoms with van der Waals surface area (Å²) in [6, 6.07) is 3.93. The second kappa shape index (κ2) is 6.94. The molecule has 3 nitrogen and oxygen atoms in total. The summed E-state index contributed by atoms with van der Waals surface area (Å²) in [6.45, 7) is 2.03. The molecule has 2 rings (SSSR count). The molecule has 0 fully saturated rings. The standard InChI is InChI=1S/C15H20ClNO2/c1-18-10-11(3-2-5-17)7-13-9-14(16)8-12-4-6-19-15(12)13/h7-9H,2-6,10,17H2,1H3/b11-7+. The number of halogens is 1. The molecule has 0 saturated heterocycles. The molecule has 2 N–H and O–H groups in total. The molecule has 19 heavy (non-hydrogen) atoms. The van der Waals surface area contributed by atoms with Gasteiger partial charge in [-0.25, -0.2) is 0 Å². The minimum atomic E-state index is 0.612. The molecule has 0 bridgehead atoms. The number of hydrogen-bond donors (Lipinski definition) is 1. The zero-order chi connectivity index (χ0) is 13.7. The van der Waals surface area contributed by atoms with Gasteiger partial charge in [-0.3, -0.25) is 0 Å². The Labute approximate surface area is 119 Å². The third-order valence-electron chi connectivity index (χ3n) is 3.17. The van der Waals surface area contributed by atoms with Crippen LogP contribution in [0.25, 0.3) is 6.08 Å². The molecule has 0 unspecified atom stereocenters. The Bertz CT molecular complexity index is 471. The highest BCUT2D eigenvalue weighted by molar-refractivity contribution is 6.30. The number of rotatable bonds is 6. The number of benzene rings is 1. The van der Waals surface area contributed by atoms with E-state index in [2.05, 4.69) is 6.08 Å². The first kappa shape index (κ1) is 14.4. The molecule has 0 saturated carbocycles. The number of methoxy groups -OCH3 is 1. The highest BCUT2D eigenvalue weighted by Crippen LogP contribution is 2.34. The maximum absolute atomic E-state index is 6.16. The van der Waals surface area contributed by atoms with Crippen molar-refractivity contribution in [2.75, 3.05) is 26.9 Å². The van der Waals surface area contributed by atoms with Crippen LogP contribution in [0.2, 0.25) is 5.02 Å². The lowest BCUT2D eigenvalue weighted by Crippen LogP contribution is -2.02. The molecule has 0 atom stereocenters. The van der Waals surface area contributed by atoms with Crippen molar-refractivity contribution in [1.82, 2.24) is 0 Å². The molecular formula is C15H20ClNO2. The SMILES string of the molecule is COC/C(=C/c1cc(Cl)cc2c1OCC2)CCCN. The van der Waals surface area contributed by atoms with Crippen molar-refractivity contribution in [3.05, 3.63) is 33.9 Å². The van der Waals surface area contributed by atoms with Gasteiger partial charge in [0.2, 0.25) is 0 Å². The average Bonchev–Trinajstić information content (AvgIpc) is 2.84. The molecule has 1 aliphatic heterocycles. The minimum Gasteiger partial charge on any atom is -0.492 e. The molecule has 1 aromatic rings. The molecule has 0 aromatic heterocycles. The van der Waals surface area contributed by atoms with Crippen LogP contribution in [0, 0.1) is 0 Å². The summed E-state index contributed by atoms with van der Waals surface area (Å²) < 4.78 is 10.9. The van der Waals surface area contributed by atoms with Crippen molar-refractivity contribution in [1.29, 1.82) is 0 Å². The Morgan fingerprint density at radius 1 is 1.53 bits per heavy atom. The fourth-order valence-electron chi connectivity index (χ4n) is 2.33. The predicted molar refractivity (Wildman–Crippen MR) is 78.8 cm³/mol. The fourth-order valence-corrected chi connectivity index (χ4v) is 2.57. The molecule has 104 valence electrons. The zero-order valence-electron chi connectivity index (χ0n) is 11.2. The Balaban J connectivity index is 2.28. The Hall–Kier alpha value is -1.03. The molecule has 1 aromatic carbocycles. The summed E-state index contributed by atoms with van der Waals surface area (Å²) in [5, 5.41) is 0.756. The van der Waals surface area contributed by atoms with Crippen LogP contribution in [0.4, 0.5) is 0 Å². The van der Waals surface area contributed by atoms with Gasteiger partial charge in [-0.1, -0.05) is 11.6 Å². The number of fused-ring (bicyclic) bond motifs is 1. The van der Waals surface area contributed by atoms with Crippen molar-refractivity contribution >= 4 is 17.7 Å². The maximum atomic E-state index is 6.16. The van der Waals surface area contributed by atoms with Gasteiger partial charge in [0.25, 0.3) is 0 Å². The fraction of sp³-hybridized carbons (Fsp3) is 0.467. The van der Waals surface area contributed by atoms with E-state index in [-0.39, 0.29) is 0 Å². The van der Waals surface area contributed by atoms with E-state index >= 15 is 0 Å². The predicted octanol–water partition coefficient (Wildman–Crippen LogP) is 3.04. The van der Waals surface area contributed by atoms with Gasteiger partial charge in [-0.05, 0) is 48.7 Å². The van der Waals surface area contributed by atoms with Gasteiger partial charge in [-0.15, -0.1) is 0 Å². The van der Waals surface area contributed by atoms with Crippen LogP contribution in [0.3, 0.4) is 0 Å². The summed E-state index contributed by atoms with van der Waals surface area (Å²) in [5.74, 6) is 0.964. The van der Waals surface area contributed by atoms with Crippen molar-refractivity contribution in [2.24, 2.45) is 5.73 Å². The summed E-state index contributed by atoms with van der Waals surface area (Å²) >= 11 is 6.16. The Kier molecular flexibility index (Phi) is 5.25. The quantitative estimate of drug-likeness (QED) is 0.872. The number of ether oxygens (including phenoxy) is 2. The van der Waals surface area contributed by atoms with E-state index in [1.54, 1.807) is 7.11 Å². The first-order chi connectivity index (χ1) is 9.24. The van der Waals surface area contributed by atoms with E-state index in [1.807, 2.05) is 12.1 Å². The molecule has 1 heterocycles. The summed E-state index contributed by atoms with van der Waals surface area (Å²) in [4.78, 5) is 0. The monoisotopic (exact) mass is 281 g/mol. The third kappa shape index (κ3) is 3.72. The highest BCUT2D eigenvalue weighted by Gasteiger charge is 2.16. The van der Waals surface area contributed by atoms with E-state index in [9.17, 15) is 0 Å². The Morgan fingerprint density at radius 3 is 3.11 bits per heavy atom. The van der Waals surface area contributed by atoms with Crippen molar-refractivity contribution < 1.29 is 9.47 Å². The summed E-state index contributed by atoms with van der Waals surface area (Å²) in [7, 11) is 1.70. The first-order valence-electron chi connectivity index (χ1n) is 6.58. The average molecular weight is 282 g/mol. The zero-order valence-corrected chi connectivity index (χ0v) is 12.0. The van der Waals surface area contributed by atoms with Crippen LogP contribution in [0.5, 0.6) is 5.75 Å². The van der Waals surface area contributed by atoms with Gasteiger partial charge in [-0.2, -0.15) is 0 Å². The lowest BCUT2D eigenvalue weighted by Gasteiger charge is -2.09. The van der Waals surface area contributed by atoms with Crippen molar-refractivity contribution in [2.45, 2.75) is 19.3 Å². The van der Waals surface area contributed by atoms with Crippen LogP contribution >= 0.6 is 11.6 Å². The number of nitrogens with two attached hydrogens (primary N) is 1. The van der Waals surface area contributed by atoms with Gasteiger partial charge >= 0.3 is 0 Å². The van der Waals surface area contributed by atoms with Gasteiger partial charge in [0, 0.05) is 24.1 Å². The lowest BCUT2D eigenvalue weighted by atomic mass is 10.0. The van der Waals surface area contributed by atoms with Gasteiger partial charge in [0.1, 0.15) is 5.75 Å². The van der Waals surface area contributed by atoms with E-state index in [1.165, 1.54) is 11.1 Å². The van der Waals surface area contributed by atoms with E-state index in [0.29, 0.717) is 13.2 Å². The van der Waals surface area contributed by atoms with Gasteiger partial charge in [0.15, 0.2) is 0 Å². The normalized spacial score (nSPS) is 14.4. The lowest BCUT2D eigenvalue weighted by molar-refractivity contribution is 0.223. The van der Waals surface area contributed by atoms with Crippen LogP contribution < -0.4 is 10.5 Å². The minimum absolute atomic E-state index is 0.612. The maximum Gasteiger partial charge on any atom is 0.129 e. The second-order valence-electron chi connectivity index (χ2n) is 4.71. The largest absolute Gasteiger partial charge is 0.492 e. The van der Waals surface area contributed by atoms with Crippen LogP contribution in [-0.4, -0.2) is 26.9 Å². The van der Waals surface area contributed by atoms with E-state index in [0.717, 1.165) is 42.2 Å². The first-order valence-corrected chi connectivity index (χ1v) is 6.96. The molecule has 1 aliphatic rings. The smallest absolute Gasteiger partial charge is 0.129 e. The van der Waals surface area contributed by atoms with Gasteiger partial charge in [0.05, 0.1) is 13.2 Å².